The van der Waals surface area contributed by atoms with E-state index in [1.165, 1.54) is 7.11 Å². The molecule has 0 spiro atoms. The van der Waals surface area contributed by atoms with E-state index < -0.39 is 122 Å². The summed E-state index contributed by atoms with van der Waals surface area (Å²) in [6, 6.07) is 0. The van der Waals surface area contributed by atoms with Crippen molar-refractivity contribution in [3.63, 3.8) is 0 Å². The molecule has 0 aromatic carbocycles. The molecule has 3 saturated heterocycles. The van der Waals surface area contributed by atoms with Crippen LogP contribution in [0.25, 0.3) is 0 Å². The predicted octanol–water partition coefficient (Wildman–Crippen LogP) is -1.01. The van der Waals surface area contributed by atoms with Gasteiger partial charge in [-0.05, 0) is 0 Å². The first-order valence-electron chi connectivity index (χ1n) is 15.4. The normalized spacial score (nSPS) is 33.9. The van der Waals surface area contributed by atoms with Crippen LogP contribution in [0.4, 0.5) is 0 Å². The Bertz CT molecular complexity index is 1250. The summed E-state index contributed by atoms with van der Waals surface area (Å²) in [5, 5.41) is 0. The lowest BCUT2D eigenvalue weighted by Gasteiger charge is -2.46. The van der Waals surface area contributed by atoms with Crippen LogP contribution < -0.4 is 0 Å². The first-order chi connectivity index (χ1) is 23.5. The lowest BCUT2D eigenvalue weighted by Crippen LogP contribution is -2.64. The van der Waals surface area contributed by atoms with Crippen molar-refractivity contribution in [2.24, 2.45) is 0 Å². The Kier molecular flexibility index (Phi) is 14.8. The van der Waals surface area contributed by atoms with Crippen LogP contribution in [0.3, 0.4) is 0 Å². The summed E-state index contributed by atoms with van der Waals surface area (Å²) in [6.07, 6.45) is -16.7. The van der Waals surface area contributed by atoms with Crippen LogP contribution in [-0.2, 0) is 95.1 Å². The summed E-state index contributed by atoms with van der Waals surface area (Å²) in [5.74, 6) is -5.57. The Morgan fingerprint density at radius 1 is 0.380 bits per heavy atom. The molecule has 0 aromatic heterocycles. The second-order valence-corrected chi connectivity index (χ2v) is 11.3. The van der Waals surface area contributed by atoms with Crippen LogP contribution >= 0.6 is 0 Å². The second-order valence-electron chi connectivity index (χ2n) is 11.3. The van der Waals surface area contributed by atoms with Gasteiger partial charge in [0.15, 0.2) is 67.7 Å². The molecule has 50 heavy (non-hydrogen) atoms. The minimum Gasteiger partial charge on any atom is -0.456 e. The van der Waals surface area contributed by atoms with E-state index in [4.69, 9.17) is 61.6 Å². The molecule has 0 amide bonds. The first-order valence-corrected chi connectivity index (χ1v) is 15.4. The molecule has 3 aliphatic heterocycles. The maximum Gasteiger partial charge on any atom is 0.303 e. The molecule has 0 unspecified atom stereocenters. The van der Waals surface area contributed by atoms with E-state index >= 15 is 0 Å². The molecule has 3 heterocycles. The van der Waals surface area contributed by atoms with Crippen LogP contribution in [0.15, 0.2) is 0 Å². The van der Waals surface area contributed by atoms with Gasteiger partial charge in [-0.15, -0.1) is 0 Å². The summed E-state index contributed by atoms with van der Waals surface area (Å²) >= 11 is 0. The number of hydrogen-bond acceptors (Lipinski definition) is 20. The summed E-state index contributed by atoms with van der Waals surface area (Å²) in [7, 11) is 1.27. The van der Waals surface area contributed by atoms with Crippen molar-refractivity contribution in [2.45, 2.75) is 122 Å². The van der Waals surface area contributed by atoms with E-state index in [9.17, 15) is 33.6 Å². The summed E-state index contributed by atoms with van der Waals surface area (Å²) in [4.78, 5) is 84.5. The number of ether oxygens (including phenoxy) is 13. The Labute approximate surface area is 286 Å². The minimum atomic E-state index is -1.59. The molecule has 3 rings (SSSR count). The third-order valence-corrected chi connectivity index (χ3v) is 7.13. The minimum absolute atomic E-state index is 0.238. The first kappa shape index (κ1) is 40.5. The van der Waals surface area contributed by atoms with E-state index in [0.29, 0.717) is 0 Å². The highest BCUT2D eigenvalue weighted by atomic mass is 16.8. The lowest BCUT2D eigenvalue weighted by molar-refractivity contribution is -0.358. The molecule has 0 saturated carbocycles. The van der Waals surface area contributed by atoms with Gasteiger partial charge in [0.1, 0.15) is 6.10 Å². The van der Waals surface area contributed by atoms with Crippen LogP contribution in [-0.4, -0.2) is 143 Å². The topological polar surface area (TPSA) is 239 Å². The molecule has 0 aliphatic carbocycles. The van der Waals surface area contributed by atoms with Crippen molar-refractivity contribution in [1.29, 1.82) is 0 Å². The zero-order valence-corrected chi connectivity index (χ0v) is 28.7. The zero-order chi connectivity index (χ0) is 37.3. The maximum atomic E-state index is 12.4. The number of rotatable bonds is 12. The van der Waals surface area contributed by atoms with E-state index in [0.717, 1.165) is 48.5 Å². The summed E-state index contributed by atoms with van der Waals surface area (Å²) < 4.78 is 72.6. The Hall–Kier alpha value is -3.95. The van der Waals surface area contributed by atoms with Crippen LogP contribution in [0.2, 0.25) is 0 Å². The van der Waals surface area contributed by atoms with Crippen LogP contribution in [0.1, 0.15) is 48.5 Å². The van der Waals surface area contributed by atoms with Crippen molar-refractivity contribution in [2.75, 3.05) is 26.9 Å². The van der Waals surface area contributed by atoms with Gasteiger partial charge in [-0.2, -0.15) is 0 Å². The fourth-order valence-electron chi connectivity index (χ4n) is 5.52. The molecule has 0 bridgehead atoms. The van der Waals surface area contributed by atoms with Gasteiger partial charge in [-0.3, -0.25) is 33.6 Å². The largest absolute Gasteiger partial charge is 0.456 e. The molecule has 3 aliphatic rings. The molecule has 0 N–H and O–H groups in total. The number of methoxy groups -OCH3 is 1. The second kappa shape index (κ2) is 18.3. The van der Waals surface area contributed by atoms with Gasteiger partial charge >= 0.3 is 41.8 Å². The Morgan fingerprint density at radius 2 is 0.680 bits per heavy atom. The number of esters is 7. The molecular formula is C30H42O20. The zero-order valence-electron chi connectivity index (χ0n) is 28.7. The van der Waals surface area contributed by atoms with E-state index in [-0.39, 0.29) is 13.2 Å². The summed E-state index contributed by atoms with van der Waals surface area (Å²) in [5.41, 5.74) is 0. The van der Waals surface area contributed by atoms with Gasteiger partial charge in [-0.25, -0.2) is 0 Å². The van der Waals surface area contributed by atoms with Gasteiger partial charge in [0.2, 0.25) is 0 Å². The number of carbonyl (C=O) groups excluding carboxylic acids is 7. The summed E-state index contributed by atoms with van der Waals surface area (Å²) in [6.45, 7) is 6.58. The highest BCUT2D eigenvalue weighted by Gasteiger charge is 2.55. The van der Waals surface area contributed by atoms with Crippen molar-refractivity contribution in [1.82, 2.24) is 0 Å². The van der Waals surface area contributed by atoms with E-state index in [2.05, 4.69) is 0 Å². The Balaban J connectivity index is 1.97. The van der Waals surface area contributed by atoms with Crippen molar-refractivity contribution in [3.05, 3.63) is 0 Å². The molecule has 0 radical (unpaired) electrons. The number of hydrogen-bond donors (Lipinski definition) is 0. The average molecular weight is 723 g/mol. The number of carbonyl (C=O) groups is 7. The third-order valence-electron chi connectivity index (χ3n) is 7.13. The monoisotopic (exact) mass is 722 g/mol. The highest BCUT2D eigenvalue weighted by Crippen LogP contribution is 2.33. The molecule has 20 heteroatoms. The smallest absolute Gasteiger partial charge is 0.303 e. The van der Waals surface area contributed by atoms with Crippen molar-refractivity contribution in [3.8, 4) is 0 Å². The molecular weight excluding hydrogens is 680 g/mol. The molecule has 12 atom stereocenters. The van der Waals surface area contributed by atoms with Gasteiger partial charge in [0.05, 0.1) is 19.8 Å². The molecule has 3 fully saturated rings. The Morgan fingerprint density at radius 3 is 1.06 bits per heavy atom. The predicted molar refractivity (Wildman–Crippen MR) is 155 cm³/mol. The fourth-order valence-corrected chi connectivity index (χ4v) is 5.52. The van der Waals surface area contributed by atoms with E-state index in [1.54, 1.807) is 0 Å². The lowest BCUT2D eigenvalue weighted by atomic mass is 10.0. The highest BCUT2D eigenvalue weighted by molar-refractivity contribution is 5.69. The average Bonchev–Trinajstić information content (AvgIpc) is 2.98. The SMILES string of the molecule is CO[C@H]1OC[C@H](OC(C)=O)[C@@H](OC(C)=O)[C@@H]1O[C@H]1OC[C@H](O[C@H]2OC[C@H](OC(C)=O)[C@@H](OC(C)=O)[C@@H]2OC(C)=O)[C@@H](OC(C)=O)[C@@H]1OC(C)=O. The van der Waals surface area contributed by atoms with Gasteiger partial charge in [0, 0.05) is 55.6 Å². The van der Waals surface area contributed by atoms with E-state index in [1.807, 2.05) is 0 Å². The standard InChI is InChI=1S/C30H42O20/c1-12(31)42-19-9-39-28(38-8)25(22(19)44-14(3)33)50-30-27(48-18(7)37)24(46-16(5)35)21(11-41-30)49-29-26(47-17(6)36)23(45-15(4)34)20(10-40-29)43-13(2)32/h19-30H,9-11H2,1-8H3/t19-,20-,21-,22+,23+,24+,25-,26-,27-,28-,29+,30+/m0/s1. The van der Waals surface area contributed by atoms with Crippen molar-refractivity contribution < 1.29 is 95.1 Å². The van der Waals surface area contributed by atoms with Gasteiger partial charge in [-0.1, -0.05) is 0 Å². The quantitative estimate of drug-likeness (QED) is 0.173. The third kappa shape index (κ3) is 11.3. The fraction of sp³-hybridized carbons (Fsp3) is 0.767. The van der Waals surface area contributed by atoms with Crippen LogP contribution in [0.5, 0.6) is 0 Å². The maximum absolute atomic E-state index is 12.4. The van der Waals surface area contributed by atoms with Crippen LogP contribution in [0, 0.1) is 0 Å². The molecule has 20 nitrogen and oxygen atoms in total. The van der Waals surface area contributed by atoms with Gasteiger partial charge in [0.25, 0.3) is 0 Å². The van der Waals surface area contributed by atoms with Crippen molar-refractivity contribution >= 4 is 41.8 Å². The molecule has 282 valence electrons. The molecule has 0 aromatic rings. The van der Waals surface area contributed by atoms with Gasteiger partial charge < -0.3 is 61.6 Å².